The number of oxazole rings is 1. The first kappa shape index (κ1) is 11.6. The van der Waals surface area contributed by atoms with Gasteiger partial charge in [0.05, 0.1) is 6.20 Å². The maximum Gasteiger partial charge on any atom is 0.255 e. The topological polar surface area (TPSA) is 38.1 Å². The summed E-state index contributed by atoms with van der Waals surface area (Å²) in [5.41, 5.74) is 0.233. The van der Waals surface area contributed by atoms with Crippen molar-refractivity contribution in [3.05, 3.63) is 12.5 Å². The van der Waals surface area contributed by atoms with Crippen LogP contribution in [0.1, 0.15) is 27.2 Å². The van der Waals surface area contributed by atoms with E-state index in [0.29, 0.717) is 0 Å². The van der Waals surface area contributed by atoms with Gasteiger partial charge in [-0.25, -0.2) is 4.98 Å². The second-order valence-corrected chi connectivity index (χ2v) is 4.86. The van der Waals surface area contributed by atoms with Crippen molar-refractivity contribution < 1.29 is 4.42 Å². The van der Waals surface area contributed by atoms with E-state index in [0.717, 1.165) is 23.9 Å². The molecule has 0 unspecified atom stereocenters. The van der Waals surface area contributed by atoms with E-state index in [-0.39, 0.29) is 5.54 Å². The fourth-order valence-electron chi connectivity index (χ4n) is 0.934. The second-order valence-electron chi connectivity index (χ2n) is 3.81. The van der Waals surface area contributed by atoms with E-state index in [1.807, 2.05) is 0 Å². The maximum atomic E-state index is 5.12. The van der Waals surface area contributed by atoms with Gasteiger partial charge in [-0.3, -0.25) is 0 Å². The molecule has 1 N–H and O–H groups in total. The summed E-state index contributed by atoms with van der Waals surface area (Å²) in [6.45, 7) is 7.59. The number of nitrogens with zero attached hydrogens (tertiary/aromatic N) is 1. The van der Waals surface area contributed by atoms with Crippen LogP contribution >= 0.6 is 11.8 Å². The van der Waals surface area contributed by atoms with Crippen LogP contribution in [-0.2, 0) is 0 Å². The van der Waals surface area contributed by atoms with Gasteiger partial charge in [0.2, 0.25) is 0 Å². The zero-order valence-electron chi connectivity index (χ0n) is 9.04. The molecular weight excluding hydrogens is 196 g/mol. The van der Waals surface area contributed by atoms with Gasteiger partial charge in [0.15, 0.2) is 0 Å². The first-order valence-electron chi connectivity index (χ1n) is 4.91. The van der Waals surface area contributed by atoms with Crippen molar-refractivity contribution >= 4 is 11.8 Å². The molecular formula is C10H18N2OS. The van der Waals surface area contributed by atoms with E-state index in [1.165, 1.54) is 0 Å². The van der Waals surface area contributed by atoms with Crippen LogP contribution in [0.5, 0.6) is 0 Å². The summed E-state index contributed by atoms with van der Waals surface area (Å²) in [6.07, 6.45) is 4.41. The smallest absolute Gasteiger partial charge is 0.255 e. The second kappa shape index (κ2) is 5.41. The van der Waals surface area contributed by atoms with Crippen LogP contribution in [0.4, 0.5) is 0 Å². The lowest BCUT2D eigenvalue weighted by molar-refractivity contribution is 0.387. The summed E-state index contributed by atoms with van der Waals surface area (Å²) >= 11 is 1.64. The lowest BCUT2D eigenvalue weighted by Gasteiger charge is -2.24. The van der Waals surface area contributed by atoms with Gasteiger partial charge in [-0.2, -0.15) is 0 Å². The maximum absolute atomic E-state index is 5.12. The summed E-state index contributed by atoms with van der Waals surface area (Å²) in [7, 11) is 0. The Bertz CT molecular complexity index is 247. The van der Waals surface area contributed by atoms with Gasteiger partial charge in [-0.15, -0.1) is 0 Å². The first-order valence-corrected chi connectivity index (χ1v) is 5.90. The predicted molar refractivity (Wildman–Crippen MR) is 59.6 cm³/mol. The Balaban J connectivity index is 2.11. The third-order valence-corrected chi connectivity index (χ3v) is 3.08. The van der Waals surface area contributed by atoms with Crippen LogP contribution in [0.3, 0.4) is 0 Å². The van der Waals surface area contributed by atoms with Gasteiger partial charge >= 0.3 is 0 Å². The van der Waals surface area contributed by atoms with Crippen LogP contribution in [-0.4, -0.2) is 22.8 Å². The van der Waals surface area contributed by atoms with E-state index in [2.05, 4.69) is 31.1 Å². The predicted octanol–water partition coefficient (Wildman–Crippen LogP) is 2.54. The molecule has 80 valence electrons. The molecule has 1 rings (SSSR count). The molecule has 0 radical (unpaired) electrons. The summed E-state index contributed by atoms with van der Waals surface area (Å²) in [6, 6.07) is 0. The Morgan fingerprint density at radius 1 is 1.57 bits per heavy atom. The number of hydrogen-bond acceptors (Lipinski definition) is 4. The zero-order chi connectivity index (χ0) is 10.4. The molecule has 1 aromatic rings. The van der Waals surface area contributed by atoms with Crippen molar-refractivity contribution in [3.8, 4) is 0 Å². The molecule has 0 fully saturated rings. The van der Waals surface area contributed by atoms with Crippen molar-refractivity contribution in [2.45, 2.75) is 38.0 Å². The van der Waals surface area contributed by atoms with Gasteiger partial charge in [-0.05, 0) is 20.3 Å². The summed E-state index contributed by atoms with van der Waals surface area (Å²) in [4.78, 5) is 4.04. The molecule has 0 saturated heterocycles. The van der Waals surface area contributed by atoms with E-state index in [1.54, 1.807) is 24.2 Å². The Kier molecular flexibility index (Phi) is 4.48. The lowest BCUT2D eigenvalue weighted by atomic mass is 10.0. The van der Waals surface area contributed by atoms with E-state index in [9.17, 15) is 0 Å². The molecule has 0 spiro atoms. The van der Waals surface area contributed by atoms with Gasteiger partial charge in [0.1, 0.15) is 6.26 Å². The molecule has 3 nitrogen and oxygen atoms in total. The monoisotopic (exact) mass is 214 g/mol. The Labute approximate surface area is 89.7 Å². The van der Waals surface area contributed by atoms with Crippen molar-refractivity contribution in [3.63, 3.8) is 0 Å². The van der Waals surface area contributed by atoms with E-state index < -0.39 is 0 Å². The number of nitrogens with one attached hydrogen (secondary N) is 1. The standard InChI is InChI=1S/C10H18N2OS/c1-4-10(2,3)12-6-8-14-9-11-5-7-13-9/h5,7,12H,4,6,8H2,1-3H3. The fraction of sp³-hybridized carbons (Fsp3) is 0.700. The normalized spacial score (nSPS) is 11.9. The molecule has 0 aliphatic carbocycles. The third-order valence-electron chi connectivity index (χ3n) is 2.22. The Morgan fingerprint density at radius 3 is 2.93 bits per heavy atom. The molecule has 0 aliphatic heterocycles. The van der Waals surface area contributed by atoms with Crippen molar-refractivity contribution in [1.29, 1.82) is 0 Å². The van der Waals surface area contributed by atoms with E-state index >= 15 is 0 Å². The van der Waals surface area contributed by atoms with E-state index in [4.69, 9.17) is 4.42 Å². The number of aromatic nitrogens is 1. The van der Waals surface area contributed by atoms with Gasteiger partial charge in [0.25, 0.3) is 5.22 Å². The molecule has 0 saturated carbocycles. The van der Waals surface area contributed by atoms with Crippen molar-refractivity contribution in [2.24, 2.45) is 0 Å². The third kappa shape index (κ3) is 4.15. The zero-order valence-corrected chi connectivity index (χ0v) is 9.86. The molecule has 0 atom stereocenters. The summed E-state index contributed by atoms with van der Waals surface area (Å²) < 4.78 is 5.12. The highest BCUT2D eigenvalue weighted by Crippen LogP contribution is 2.14. The minimum Gasteiger partial charge on any atom is -0.440 e. The number of hydrogen-bond donors (Lipinski definition) is 1. The fourth-order valence-corrected chi connectivity index (χ4v) is 1.57. The summed E-state index contributed by atoms with van der Waals surface area (Å²) in [5.74, 6) is 0.990. The van der Waals surface area contributed by atoms with Gasteiger partial charge in [0, 0.05) is 17.8 Å². The average Bonchev–Trinajstić information content (AvgIpc) is 2.65. The highest BCUT2D eigenvalue weighted by atomic mass is 32.2. The van der Waals surface area contributed by atoms with Gasteiger partial charge < -0.3 is 9.73 Å². The highest BCUT2D eigenvalue weighted by molar-refractivity contribution is 7.99. The minimum absolute atomic E-state index is 0.233. The lowest BCUT2D eigenvalue weighted by Crippen LogP contribution is -2.39. The highest BCUT2D eigenvalue weighted by Gasteiger charge is 2.12. The number of rotatable bonds is 6. The molecule has 0 aromatic carbocycles. The average molecular weight is 214 g/mol. The largest absolute Gasteiger partial charge is 0.440 e. The molecule has 4 heteroatoms. The van der Waals surface area contributed by atoms with Crippen LogP contribution in [0.15, 0.2) is 22.1 Å². The molecule has 1 heterocycles. The van der Waals surface area contributed by atoms with Crippen LogP contribution in [0.2, 0.25) is 0 Å². The Hall–Kier alpha value is -0.480. The SMILES string of the molecule is CCC(C)(C)NCCSc1ncco1. The Morgan fingerprint density at radius 2 is 2.36 bits per heavy atom. The van der Waals surface area contributed by atoms with Crippen molar-refractivity contribution in [1.82, 2.24) is 10.3 Å². The van der Waals surface area contributed by atoms with Crippen LogP contribution in [0, 0.1) is 0 Å². The molecule has 1 aromatic heterocycles. The first-order chi connectivity index (χ1) is 6.64. The molecule has 0 amide bonds. The molecule has 0 bridgehead atoms. The molecule has 0 aliphatic rings. The molecule has 14 heavy (non-hydrogen) atoms. The van der Waals surface area contributed by atoms with Crippen molar-refractivity contribution in [2.75, 3.05) is 12.3 Å². The minimum atomic E-state index is 0.233. The van der Waals surface area contributed by atoms with Gasteiger partial charge in [-0.1, -0.05) is 18.7 Å². The quantitative estimate of drug-likeness (QED) is 0.583. The van der Waals surface area contributed by atoms with Crippen LogP contribution < -0.4 is 5.32 Å². The van der Waals surface area contributed by atoms with Crippen LogP contribution in [0.25, 0.3) is 0 Å². The number of thioether (sulfide) groups is 1. The summed E-state index contributed by atoms with van der Waals surface area (Å²) in [5, 5.41) is 4.23.